The highest BCUT2D eigenvalue weighted by molar-refractivity contribution is 6.04. The van der Waals surface area contributed by atoms with Gasteiger partial charge in [-0.05, 0) is 30.3 Å². The molecule has 134 valence electrons. The summed E-state index contributed by atoms with van der Waals surface area (Å²) in [6, 6.07) is 9.55. The zero-order valence-corrected chi connectivity index (χ0v) is 13.5. The number of H-pyrrole nitrogens is 1. The maximum absolute atomic E-state index is 12.5. The normalized spacial score (nSPS) is 11.0. The van der Waals surface area contributed by atoms with E-state index in [1.807, 2.05) is 0 Å². The van der Waals surface area contributed by atoms with Crippen molar-refractivity contribution < 1.29 is 9.72 Å². The first-order chi connectivity index (χ1) is 13.0. The lowest BCUT2D eigenvalue weighted by molar-refractivity contribution is -0.385. The van der Waals surface area contributed by atoms with Crippen LogP contribution in [0.15, 0.2) is 47.4 Å². The van der Waals surface area contributed by atoms with Gasteiger partial charge in [0.2, 0.25) is 5.82 Å². The number of amides is 1. The second-order valence-electron chi connectivity index (χ2n) is 5.62. The van der Waals surface area contributed by atoms with Gasteiger partial charge in [0.1, 0.15) is 5.65 Å². The van der Waals surface area contributed by atoms with Gasteiger partial charge in [0, 0.05) is 17.3 Å². The monoisotopic (exact) mass is 365 g/mol. The largest absolute Gasteiger partial charge is 0.376 e. The van der Waals surface area contributed by atoms with Crippen LogP contribution in [-0.2, 0) is 0 Å². The van der Waals surface area contributed by atoms with Crippen molar-refractivity contribution in [1.82, 2.24) is 19.6 Å². The molecule has 0 fully saturated rings. The summed E-state index contributed by atoms with van der Waals surface area (Å²) in [5.41, 5.74) is 5.01. The Balaban J connectivity index is 1.88. The number of nitro groups is 1. The van der Waals surface area contributed by atoms with Gasteiger partial charge in [0.25, 0.3) is 5.91 Å². The van der Waals surface area contributed by atoms with Crippen molar-refractivity contribution in [2.24, 2.45) is 5.73 Å². The van der Waals surface area contributed by atoms with Crippen LogP contribution < -0.4 is 16.6 Å². The van der Waals surface area contributed by atoms with E-state index >= 15 is 0 Å². The number of nitrogens with zero attached hydrogens (tertiary/aromatic N) is 4. The summed E-state index contributed by atoms with van der Waals surface area (Å²) >= 11 is 0. The molecule has 3 heterocycles. The minimum absolute atomic E-state index is 0.0367. The second-order valence-corrected chi connectivity index (χ2v) is 5.62. The summed E-state index contributed by atoms with van der Waals surface area (Å²) in [5.74, 6) is -0.925. The number of benzene rings is 1. The number of rotatable bonds is 4. The molecular weight excluding hydrogens is 354 g/mol. The van der Waals surface area contributed by atoms with E-state index in [4.69, 9.17) is 5.73 Å². The van der Waals surface area contributed by atoms with Crippen molar-refractivity contribution in [3.63, 3.8) is 0 Å². The van der Waals surface area contributed by atoms with E-state index in [2.05, 4.69) is 20.5 Å². The number of aromatic nitrogens is 4. The first kappa shape index (κ1) is 16.2. The van der Waals surface area contributed by atoms with Crippen molar-refractivity contribution in [3.05, 3.63) is 68.8 Å². The van der Waals surface area contributed by atoms with Crippen molar-refractivity contribution in [2.75, 3.05) is 5.32 Å². The molecule has 0 saturated carbocycles. The van der Waals surface area contributed by atoms with E-state index in [1.54, 1.807) is 30.3 Å². The Morgan fingerprint density at radius 2 is 2.11 bits per heavy atom. The molecule has 27 heavy (non-hydrogen) atoms. The van der Waals surface area contributed by atoms with E-state index in [1.165, 1.54) is 12.3 Å². The van der Waals surface area contributed by atoms with Crippen molar-refractivity contribution in [3.8, 4) is 0 Å². The number of hydrogen-bond acceptors (Lipinski definition) is 7. The molecule has 0 radical (unpaired) electrons. The van der Waals surface area contributed by atoms with E-state index in [9.17, 15) is 19.7 Å². The lowest BCUT2D eigenvalue weighted by Crippen LogP contribution is -2.20. The molecule has 4 rings (SSSR count). The molecule has 0 aliphatic carbocycles. The zero-order chi connectivity index (χ0) is 19.1. The zero-order valence-electron chi connectivity index (χ0n) is 13.5. The minimum atomic E-state index is -0.810. The molecule has 4 aromatic rings. The molecule has 0 unspecified atom stereocenters. The summed E-state index contributed by atoms with van der Waals surface area (Å²) < 4.78 is 1.09. The van der Waals surface area contributed by atoms with Gasteiger partial charge in [-0.1, -0.05) is 6.07 Å². The highest BCUT2D eigenvalue weighted by Gasteiger charge is 2.24. The molecule has 0 aliphatic rings. The number of anilines is 2. The fraction of sp³-hybridized carbons (Fsp3) is 0. The first-order valence-electron chi connectivity index (χ1n) is 7.66. The lowest BCUT2D eigenvalue weighted by atomic mass is 10.2. The van der Waals surface area contributed by atoms with Crippen molar-refractivity contribution in [1.29, 1.82) is 0 Å². The first-order valence-corrected chi connectivity index (χ1v) is 7.66. The predicted molar refractivity (Wildman–Crippen MR) is 96.0 cm³/mol. The number of primary amides is 1. The van der Waals surface area contributed by atoms with E-state index in [0.29, 0.717) is 16.6 Å². The predicted octanol–water partition coefficient (Wildman–Crippen LogP) is 1.32. The Hall–Kier alpha value is -4.28. The number of nitrogens with two attached hydrogens (primary N) is 1. The SMILES string of the molecule is NC(=O)c1n[nH]c2ccc(Nc3nc4ccccn4c(=O)c3[N+](=O)[O-])cc12. The lowest BCUT2D eigenvalue weighted by Gasteiger charge is -2.08. The molecular formula is C16H11N7O4. The number of fused-ring (bicyclic) bond motifs is 2. The van der Waals surface area contributed by atoms with Crippen molar-refractivity contribution >= 4 is 39.6 Å². The van der Waals surface area contributed by atoms with Crippen LogP contribution in [0, 0.1) is 10.1 Å². The third kappa shape index (κ3) is 2.63. The number of hydrogen-bond donors (Lipinski definition) is 3. The summed E-state index contributed by atoms with van der Waals surface area (Å²) in [7, 11) is 0. The van der Waals surface area contributed by atoms with Crippen LogP contribution >= 0.6 is 0 Å². The van der Waals surface area contributed by atoms with E-state index < -0.39 is 22.1 Å². The topological polar surface area (TPSA) is 161 Å². The number of pyridine rings is 1. The quantitative estimate of drug-likeness (QED) is 0.363. The highest BCUT2D eigenvalue weighted by atomic mass is 16.6. The van der Waals surface area contributed by atoms with Crippen LogP contribution in [-0.4, -0.2) is 30.4 Å². The Morgan fingerprint density at radius 1 is 1.30 bits per heavy atom. The smallest absolute Gasteiger partial charge is 0.364 e. The van der Waals surface area contributed by atoms with Gasteiger partial charge in [0.15, 0.2) is 5.69 Å². The van der Waals surface area contributed by atoms with Crippen LogP contribution in [0.5, 0.6) is 0 Å². The van der Waals surface area contributed by atoms with Gasteiger partial charge >= 0.3 is 11.2 Å². The number of aromatic amines is 1. The molecule has 0 spiro atoms. The fourth-order valence-corrected chi connectivity index (χ4v) is 2.75. The van der Waals surface area contributed by atoms with Gasteiger partial charge < -0.3 is 11.1 Å². The molecule has 1 aromatic carbocycles. The molecule has 11 heteroatoms. The summed E-state index contributed by atoms with van der Waals surface area (Å²) in [4.78, 5) is 38.7. The standard InChI is InChI=1S/C16H11N7O4/c17-14(24)12-9-7-8(4-5-10(9)20-21-12)18-15-13(23(26)27)16(25)22-6-2-1-3-11(22)19-15/h1-7,18H,(H2,17,24)(H,20,21). The van der Waals surface area contributed by atoms with Gasteiger partial charge in [0.05, 0.1) is 10.4 Å². The van der Waals surface area contributed by atoms with E-state index in [0.717, 1.165) is 4.40 Å². The summed E-state index contributed by atoms with van der Waals surface area (Å²) in [6.07, 6.45) is 1.40. The van der Waals surface area contributed by atoms with Gasteiger partial charge in [-0.2, -0.15) is 5.10 Å². The molecule has 3 aromatic heterocycles. The maximum atomic E-state index is 12.5. The third-order valence-corrected chi connectivity index (χ3v) is 3.95. The minimum Gasteiger partial charge on any atom is -0.364 e. The Labute approximate surface area is 149 Å². The summed E-state index contributed by atoms with van der Waals surface area (Å²) in [5, 5.41) is 21.1. The maximum Gasteiger partial charge on any atom is 0.376 e. The Morgan fingerprint density at radius 3 is 2.85 bits per heavy atom. The van der Waals surface area contributed by atoms with Crippen molar-refractivity contribution in [2.45, 2.75) is 0 Å². The summed E-state index contributed by atoms with van der Waals surface area (Å²) in [6.45, 7) is 0. The average molecular weight is 365 g/mol. The number of nitrogens with one attached hydrogen (secondary N) is 2. The van der Waals surface area contributed by atoms with Crippen LogP contribution in [0.25, 0.3) is 16.6 Å². The van der Waals surface area contributed by atoms with E-state index in [-0.39, 0.29) is 17.2 Å². The Bertz CT molecular complexity index is 1290. The third-order valence-electron chi connectivity index (χ3n) is 3.95. The molecule has 0 saturated heterocycles. The average Bonchev–Trinajstić information content (AvgIpc) is 3.05. The van der Waals surface area contributed by atoms with Gasteiger partial charge in [-0.15, -0.1) is 0 Å². The molecule has 11 nitrogen and oxygen atoms in total. The molecule has 4 N–H and O–H groups in total. The molecule has 1 amide bonds. The van der Waals surface area contributed by atoms with Crippen LogP contribution in [0.1, 0.15) is 10.5 Å². The van der Waals surface area contributed by atoms with Gasteiger partial charge in [-0.3, -0.25) is 29.2 Å². The van der Waals surface area contributed by atoms with Crippen LogP contribution in [0.2, 0.25) is 0 Å². The molecule has 0 bridgehead atoms. The Kier molecular flexibility index (Phi) is 3.55. The van der Waals surface area contributed by atoms with Gasteiger partial charge in [-0.25, -0.2) is 4.98 Å². The molecule has 0 atom stereocenters. The highest BCUT2D eigenvalue weighted by Crippen LogP contribution is 2.26. The second kappa shape index (κ2) is 5.91. The van der Waals surface area contributed by atoms with Crippen LogP contribution in [0.4, 0.5) is 17.2 Å². The molecule has 0 aliphatic heterocycles. The number of carbonyl (C=O) groups excluding carboxylic acids is 1. The van der Waals surface area contributed by atoms with Crippen LogP contribution in [0.3, 0.4) is 0 Å². The fourth-order valence-electron chi connectivity index (χ4n) is 2.75. The number of carbonyl (C=O) groups is 1.